The van der Waals surface area contributed by atoms with Crippen LogP contribution >= 0.6 is 0 Å². The van der Waals surface area contributed by atoms with Crippen molar-refractivity contribution in [3.63, 3.8) is 0 Å². The number of hydrogen-bond donors (Lipinski definition) is 2. The van der Waals surface area contributed by atoms with E-state index in [4.69, 9.17) is 0 Å². The van der Waals surface area contributed by atoms with E-state index in [1.165, 1.54) is 4.90 Å². The first-order chi connectivity index (χ1) is 12.1. The average molecular weight is 336 g/mol. The van der Waals surface area contributed by atoms with Crippen LogP contribution in [0.1, 0.15) is 15.9 Å². The van der Waals surface area contributed by atoms with Gasteiger partial charge in [0.2, 0.25) is 5.91 Å². The molecule has 0 radical (unpaired) electrons. The normalized spacial score (nSPS) is 10.6. The highest BCUT2D eigenvalue weighted by molar-refractivity contribution is 6.07. The molecule has 2 amide bonds. The molecule has 0 aliphatic heterocycles. The number of likely N-dealkylation sites (N-methyl/N-ethyl adjacent to an activating group) is 1. The quantitative estimate of drug-likeness (QED) is 0.723. The fourth-order valence-electron chi connectivity index (χ4n) is 2.69. The lowest BCUT2D eigenvalue weighted by molar-refractivity contribution is -0.121. The van der Waals surface area contributed by atoms with E-state index in [0.717, 1.165) is 22.9 Å². The second-order valence-corrected chi connectivity index (χ2v) is 5.86. The standard InChI is InChI=1S/C19H20N4O2/c1-23(13-18(24)21-11-8-14-6-9-20-10-7-14)19(25)16-12-22-17-5-3-2-4-15(16)17/h2-7,9-10,12,22H,8,11,13H2,1H3,(H,21,24). The van der Waals surface area contributed by atoms with Crippen molar-refractivity contribution in [3.05, 3.63) is 66.1 Å². The molecule has 2 aromatic heterocycles. The Kier molecular flexibility index (Phi) is 5.09. The zero-order chi connectivity index (χ0) is 17.6. The van der Waals surface area contributed by atoms with Crippen LogP contribution in [0.2, 0.25) is 0 Å². The predicted molar refractivity (Wildman–Crippen MR) is 96.2 cm³/mol. The molecule has 6 nitrogen and oxygen atoms in total. The van der Waals surface area contributed by atoms with Gasteiger partial charge >= 0.3 is 0 Å². The number of fused-ring (bicyclic) bond motifs is 1. The van der Waals surface area contributed by atoms with E-state index in [1.807, 2.05) is 36.4 Å². The molecule has 2 N–H and O–H groups in total. The van der Waals surface area contributed by atoms with Crippen LogP contribution in [0.15, 0.2) is 55.0 Å². The molecule has 6 heteroatoms. The molecular formula is C19H20N4O2. The van der Waals surface area contributed by atoms with Crippen molar-refractivity contribution in [3.8, 4) is 0 Å². The lowest BCUT2D eigenvalue weighted by Gasteiger charge is -2.16. The van der Waals surface area contributed by atoms with Gasteiger partial charge < -0.3 is 15.2 Å². The maximum absolute atomic E-state index is 12.6. The Morgan fingerprint density at radius 1 is 1.16 bits per heavy atom. The van der Waals surface area contributed by atoms with E-state index in [1.54, 1.807) is 25.6 Å². The van der Waals surface area contributed by atoms with Gasteiger partial charge in [-0.15, -0.1) is 0 Å². The van der Waals surface area contributed by atoms with Crippen LogP contribution in [-0.2, 0) is 11.2 Å². The van der Waals surface area contributed by atoms with Crippen LogP contribution in [0, 0.1) is 0 Å². The van der Waals surface area contributed by atoms with Crippen LogP contribution in [-0.4, -0.2) is 46.8 Å². The lowest BCUT2D eigenvalue weighted by atomic mass is 10.1. The zero-order valence-corrected chi connectivity index (χ0v) is 14.0. The van der Waals surface area contributed by atoms with Crippen LogP contribution in [0.3, 0.4) is 0 Å². The molecule has 3 rings (SSSR count). The third-order valence-corrected chi connectivity index (χ3v) is 4.03. The van der Waals surface area contributed by atoms with E-state index >= 15 is 0 Å². The molecule has 0 atom stereocenters. The van der Waals surface area contributed by atoms with Crippen molar-refractivity contribution in [2.24, 2.45) is 0 Å². The molecule has 0 unspecified atom stereocenters. The maximum Gasteiger partial charge on any atom is 0.256 e. The molecule has 0 aliphatic rings. The summed E-state index contributed by atoms with van der Waals surface area (Å²) < 4.78 is 0. The Morgan fingerprint density at radius 3 is 2.72 bits per heavy atom. The van der Waals surface area contributed by atoms with Crippen LogP contribution < -0.4 is 5.32 Å². The number of pyridine rings is 1. The van der Waals surface area contributed by atoms with Gasteiger partial charge in [0.15, 0.2) is 0 Å². The van der Waals surface area contributed by atoms with Gasteiger partial charge in [0.05, 0.1) is 12.1 Å². The number of H-pyrrole nitrogens is 1. The number of carbonyl (C=O) groups excluding carboxylic acids is 2. The van der Waals surface area contributed by atoms with Gasteiger partial charge in [0, 0.05) is 43.1 Å². The third-order valence-electron chi connectivity index (χ3n) is 4.03. The lowest BCUT2D eigenvalue weighted by Crippen LogP contribution is -2.39. The van der Waals surface area contributed by atoms with Gasteiger partial charge in [-0.25, -0.2) is 0 Å². The van der Waals surface area contributed by atoms with Gasteiger partial charge in [-0.1, -0.05) is 18.2 Å². The number of carbonyl (C=O) groups is 2. The first-order valence-electron chi connectivity index (χ1n) is 8.12. The Balaban J connectivity index is 1.53. The summed E-state index contributed by atoms with van der Waals surface area (Å²) in [6.07, 6.45) is 5.87. The molecule has 3 aromatic rings. The molecule has 1 aromatic carbocycles. The van der Waals surface area contributed by atoms with E-state index in [0.29, 0.717) is 12.1 Å². The zero-order valence-electron chi connectivity index (χ0n) is 14.0. The van der Waals surface area contributed by atoms with Gasteiger partial charge in [-0.2, -0.15) is 0 Å². The number of amides is 2. The summed E-state index contributed by atoms with van der Waals surface area (Å²) in [5.41, 5.74) is 2.59. The van der Waals surface area contributed by atoms with Crippen molar-refractivity contribution in [2.45, 2.75) is 6.42 Å². The first-order valence-corrected chi connectivity index (χ1v) is 8.12. The SMILES string of the molecule is CN(CC(=O)NCCc1ccncc1)C(=O)c1c[nH]c2ccccc12. The summed E-state index contributed by atoms with van der Waals surface area (Å²) >= 11 is 0. The Bertz CT molecular complexity index is 873. The number of aromatic nitrogens is 2. The Morgan fingerprint density at radius 2 is 1.92 bits per heavy atom. The average Bonchev–Trinajstić information content (AvgIpc) is 3.06. The molecule has 0 saturated carbocycles. The fraction of sp³-hybridized carbons (Fsp3) is 0.211. The second kappa shape index (κ2) is 7.61. The maximum atomic E-state index is 12.6. The molecule has 0 spiro atoms. The van der Waals surface area contributed by atoms with E-state index < -0.39 is 0 Å². The molecule has 0 aliphatic carbocycles. The largest absolute Gasteiger partial charge is 0.360 e. The molecule has 2 heterocycles. The van der Waals surface area contributed by atoms with E-state index in [9.17, 15) is 9.59 Å². The summed E-state index contributed by atoms with van der Waals surface area (Å²) in [6.45, 7) is 0.548. The highest BCUT2D eigenvalue weighted by atomic mass is 16.2. The minimum Gasteiger partial charge on any atom is -0.360 e. The van der Waals surface area contributed by atoms with Crippen LogP contribution in [0.5, 0.6) is 0 Å². The summed E-state index contributed by atoms with van der Waals surface area (Å²) in [7, 11) is 1.63. The second-order valence-electron chi connectivity index (χ2n) is 5.86. The molecule has 0 saturated heterocycles. The highest BCUT2D eigenvalue weighted by Crippen LogP contribution is 2.18. The molecule has 25 heavy (non-hydrogen) atoms. The van der Waals surface area contributed by atoms with E-state index in [2.05, 4.69) is 15.3 Å². The number of nitrogens with zero attached hydrogens (tertiary/aromatic N) is 2. The molecular weight excluding hydrogens is 316 g/mol. The summed E-state index contributed by atoms with van der Waals surface area (Å²) in [4.78, 5) is 33.1. The molecule has 128 valence electrons. The number of benzene rings is 1. The van der Waals surface area contributed by atoms with Gasteiger partial charge in [-0.05, 0) is 30.2 Å². The van der Waals surface area contributed by atoms with Crippen molar-refractivity contribution >= 4 is 22.7 Å². The first kappa shape index (κ1) is 16.7. The summed E-state index contributed by atoms with van der Waals surface area (Å²) in [5.74, 6) is -0.355. The van der Waals surface area contributed by atoms with Crippen molar-refractivity contribution in [2.75, 3.05) is 20.1 Å². The number of nitrogens with one attached hydrogen (secondary N) is 2. The molecule has 0 bridgehead atoms. The molecule has 0 fully saturated rings. The van der Waals surface area contributed by atoms with Crippen molar-refractivity contribution in [1.29, 1.82) is 0 Å². The van der Waals surface area contributed by atoms with Crippen LogP contribution in [0.4, 0.5) is 0 Å². The van der Waals surface area contributed by atoms with Gasteiger partial charge in [-0.3, -0.25) is 14.6 Å². The minimum absolute atomic E-state index is 0.0225. The minimum atomic E-state index is -0.179. The monoisotopic (exact) mass is 336 g/mol. The third kappa shape index (κ3) is 4.03. The van der Waals surface area contributed by atoms with Gasteiger partial charge in [0.1, 0.15) is 0 Å². The van der Waals surface area contributed by atoms with Crippen molar-refractivity contribution < 1.29 is 9.59 Å². The van der Waals surface area contributed by atoms with Crippen molar-refractivity contribution in [1.82, 2.24) is 20.2 Å². The number of para-hydroxylation sites is 1. The summed E-state index contributed by atoms with van der Waals surface area (Å²) in [5, 5.41) is 3.70. The predicted octanol–water partition coefficient (Wildman–Crippen LogP) is 1.99. The number of aromatic amines is 1. The van der Waals surface area contributed by atoms with E-state index in [-0.39, 0.29) is 18.4 Å². The number of rotatable bonds is 6. The number of hydrogen-bond acceptors (Lipinski definition) is 3. The Labute approximate surface area is 145 Å². The van der Waals surface area contributed by atoms with Crippen LogP contribution in [0.25, 0.3) is 10.9 Å². The topological polar surface area (TPSA) is 78.1 Å². The summed E-state index contributed by atoms with van der Waals surface area (Å²) in [6, 6.07) is 11.4. The van der Waals surface area contributed by atoms with Gasteiger partial charge in [0.25, 0.3) is 5.91 Å². The smallest absolute Gasteiger partial charge is 0.256 e. The Hall–Kier alpha value is -3.15. The fourth-order valence-corrected chi connectivity index (χ4v) is 2.69. The highest BCUT2D eigenvalue weighted by Gasteiger charge is 2.18.